The molecule has 11 aromatic rings. The zero-order chi connectivity index (χ0) is 38.4. The minimum absolute atomic E-state index is 0. The largest absolute Gasteiger partial charge is 0.245 e. The van der Waals surface area contributed by atoms with Crippen molar-refractivity contribution in [3.05, 3.63) is 206 Å². The first-order valence-corrected chi connectivity index (χ1v) is 19.5. The zero-order valence-corrected chi connectivity index (χ0v) is 31.4. The van der Waals surface area contributed by atoms with Crippen LogP contribution in [0, 0.1) is 0 Å². The summed E-state index contributed by atoms with van der Waals surface area (Å²) in [5.41, 5.74) is 16.2. The highest BCUT2D eigenvalue weighted by atomic mass is 14.8. The molecule has 0 atom stereocenters. The summed E-state index contributed by atoms with van der Waals surface area (Å²) in [6.07, 6.45) is 0. The van der Waals surface area contributed by atoms with Crippen LogP contribution in [0.1, 0.15) is 1.43 Å². The van der Waals surface area contributed by atoms with E-state index in [1.807, 2.05) is 24.3 Å². The minimum Gasteiger partial charge on any atom is -0.245 e. The summed E-state index contributed by atoms with van der Waals surface area (Å²) in [7, 11) is 0. The fraction of sp³-hybridized carbons (Fsp3) is 0. The first-order valence-electron chi connectivity index (χ1n) is 19.5. The molecule has 272 valence electrons. The molecule has 4 nitrogen and oxygen atoms in total. The first kappa shape index (κ1) is 33.5. The van der Waals surface area contributed by atoms with Gasteiger partial charge in [0.2, 0.25) is 0 Å². The molecule has 0 N–H and O–H groups in total. The summed E-state index contributed by atoms with van der Waals surface area (Å²) in [6, 6.07) is 72.1. The van der Waals surface area contributed by atoms with Gasteiger partial charge >= 0.3 is 0 Å². The second kappa shape index (κ2) is 14.0. The third-order valence-corrected chi connectivity index (χ3v) is 11.1. The number of hydrogen-bond acceptors (Lipinski definition) is 4. The lowest BCUT2D eigenvalue weighted by molar-refractivity contribution is 1.36. The third-order valence-electron chi connectivity index (χ3n) is 11.1. The van der Waals surface area contributed by atoms with Crippen LogP contribution in [0.5, 0.6) is 0 Å². The van der Waals surface area contributed by atoms with E-state index < -0.39 is 0 Å². The lowest BCUT2D eigenvalue weighted by Crippen LogP contribution is -1.94. The molecule has 4 heteroatoms. The van der Waals surface area contributed by atoms with Crippen LogP contribution >= 0.6 is 0 Å². The normalized spacial score (nSPS) is 11.4. The van der Waals surface area contributed by atoms with E-state index in [4.69, 9.17) is 19.9 Å². The summed E-state index contributed by atoms with van der Waals surface area (Å²) in [6.45, 7) is 0. The van der Waals surface area contributed by atoms with Crippen molar-refractivity contribution < 1.29 is 1.43 Å². The van der Waals surface area contributed by atoms with Crippen LogP contribution in [0.25, 0.3) is 111 Å². The molecule has 0 amide bonds. The highest BCUT2D eigenvalue weighted by Gasteiger charge is 2.15. The average Bonchev–Trinajstić information content (AvgIpc) is 3.31. The van der Waals surface area contributed by atoms with Crippen LogP contribution in [0.4, 0.5) is 0 Å². The number of rotatable bonds is 6. The van der Waals surface area contributed by atoms with Gasteiger partial charge in [-0.05, 0) is 46.5 Å². The Kier molecular flexibility index (Phi) is 8.11. The predicted octanol–water partition coefficient (Wildman–Crippen LogP) is 14.1. The van der Waals surface area contributed by atoms with Crippen LogP contribution in [0.3, 0.4) is 0 Å². The molecule has 0 bridgehead atoms. The molecule has 0 aliphatic carbocycles. The van der Waals surface area contributed by atoms with E-state index in [1.54, 1.807) is 0 Å². The van der Waals surface area contributed by atoms with Crippen molar-refractivity contribution in [1.29, 1.82) is 0 Å². The van der Waals surface area contributed by atoms with Crippen LogP contribution in [0.2, 0.25) is 0 Å². The topological polar surface area (TPSA) is 51.6 Å². The molecule has 0 saturated carbocycles. The lowest BCUT2D eigenvalue weighted by Gasteiger charge is -2.13. The summed E-state index contributed by atoms with van der Waals surface area (Å²) < 4.78 is 0. The third kappa shape index (κ3) is 6.05. The molecule has 0 fully saturated rings. The standard InChI is InChI=1S/C54H34N4.H2/c1-4-10-37(11-5-1)46-34-50(58-54-45(46)30-26-44-29-32-48(57-53(44)54)39-14-8-3-9-15-39)41-22-18-36(19-23-41)35-16-20-40(21-17-35)49-33-28-43-25-24-42-27-31-47(38-12-6-2-7-13-38)55-51(42)52(43)56-49;/h1-34H;1H. The van der Waals surface area contributed by atoms with Crippen molar-refractivity contribution in [2.24, 2.45) is 0 Å². The van der Waals surface area contributed by atoms with Gasteiger partial charge in [-0.3, -0.25) is 0 Å². The molecule has 0 saturated heterocycles. The Bertz CT molecular complexity index is 3300. The van der Waals surface area contributed by atoms with E-state index in [9.17, 15) is 0 Å². The van der Waals surface area contributed by atoms with Crippen molar-refractivity contribution in [2.75, 3.05) is 0 Å². The van der Waals surface area contributed by atoms with Crippen LogP contribution in [-0.4, -0.2) is 19.9 Å². The van der Waals surface area contributed by atoms with Crippen LogP contribution in [-0.2, 0) is 0 Å². The molecule has 7 aromatic carbocycles. The molecule has 0 aliphatic heterocycles. The van der Waals surface area contributed by atoms with Crippen molar-refractivity contribution in [1.82, 2.24) is 19.9 Å². The minimum atomic E-state index is 0. The Morgan fingerprint density at radius 1 is 0.241 bits per heavy atom. The molecule has 0 unspecified atom stereocenters. The van der Waals surface area contributed by atoms with E-state index in [-0.39, 0.29) is 1.43 Å². The van der Waals surface area contributed by atoms with Gasteiger partial charge in [0.05, 0.1) is 44.8 Å². The lowest BCUT2D eigenvalue weighted by atomic mass is 9.96. The SMILES string of the molecule is [HH].c1ccc(-c2ccc3ccc4ccc(-c5ccc(-c6ccc(-c7cc(-c8ccccc8)c8ccc9ccc(-c%10ccccc%10)nc9c8n7)cc6)cc5)nc4c3n2)cc1. The number of aromatic nitrogens is 4. The summed E-state index contributed by atoms with van der Waals surface area (Å²) in [5, 5.41) is 4.30. The predicted molar refractivity (Wildman–Crippen MR) is 242 cm³/mol. The summed E-state index contributed by atoms with van der Waals surface area (Å²) >= 11 is 0. The summed E-state index contributed by atoms with van der Waals surface area (Å²) in [4.78, 5) is 20.8. The van der Waals surface area contributed by atoms with Gasteiger partial charge in [-0.15, -0.1) is 0 Å². The van der Waals surface area contributed by atoms with Crippen molar-refractivity contribution in [3.63, 3.8) is 0 Å². The van der Waals surface area contributed by atoms with Crippen molar-refractivity contribution in [2.45, 2.75) is 0 Å². The maximum Gasteiger partial charge on any atom is 0.0978 e. The fourth-order valence-corrected chi connectivity index (χ4v) is 8.01. The number of benzene rings is 7. The van der Waals surface area contributed by atoms with Gasteiger partial charge in [-0.25, -0.2) is 19.9 Å². The Hall–Kier alpha value is -7.82. The van der Waals surface area contributed by atoms with Gasteiger partial charge in [0.1, 0.15) is 0 Å². The second-order valence-electron chi connectivity index (χ2n) is 14.6. The van der Waals surface area contributed by atoms with Crippen molar-refractivity contribution in [3.8, 4) is 67.3 Å². The number of pyridine rings is 4. The Balaban J connectivity index is 0.00000420. The summed E-state index contributed by atoms with van der Waals surface area (Å²) in [5.74, 6) is 0. The van der Waals surface area contributed by atoms with E-state index in [0.29, 0.717) is 0 Å². The van der Waals surface area contributed by atoms with Crippen LogP contribution in [0.15, 0.2) is 206 Å². The van der Waals surface area contributed by atoms with E-state index in [1.165, 1.54) is 0 Å². The first-order chi connectivity index (χ1) is 28.7. The highest BCUT2D eigenvalue weighted by Crippen LogP contribution is 2.37. The van der Waals surface area contributed by atoms with Gasteiger partial charge in [0, 0.05) is 45.2 Å². The Labute approximate surface area is 337 Å². The van der Waals surface area contributed by atoms with Gasteiger partial charge in [-0.1, -0.05) is 182 Å². The molecule has 0 aliphatic rings. The second-order valence-corrected chi connectivity index (χ2v) is 14.6. The van der Waals surface area contributed by atoms with E-state index >= 15 is 0 Å². The average molecular weight is 741 g/mol. The quantitative estimate of drug-likeness (QED) is 0.159. The molecule has 4 aromatic heterocycles. The number of hydrogen-bond donors (Lipinski definition) is 0. The van der Waals surface area contributed by atoms with E-state index in [0.717, 1.165) is 111 Å². The fourth-order valence-electron chi connectivity index (χ4n) is 8.01. The van der Waals surface area contributed by atoms with Gasteiger partial charge in [0.15, 0.2) is 0 Å². The molecular formula is C54H36N4. The molecular weight excluding hydrogens is 705 g/mol. The molecule has 11 rings (SSSR count). The molecule has 0 radical (unpaired) electrons. The van der Waals surface area contributed by atoms with Gasteiger partial charge < -0.3 is 0 Å². The molecule has 0 spiro atoms. The monoisotopic (exact) mass is 740 g/mol. The maximum absolute atomic E-state index is 5.33. The van der Waals surface area contributed by atoms with Gasteiger partial charge in [-0.2, -0.15) is 0 Å². The smallest absolute Gasteiger partial charge is 0.0978 e. The van der Waals surface area contributed by atoms with Crippen LogP contribution < -0.4 is 0 Å². The van der Waals surface area contributed by atoms with Gasteiger partial charge in [0.25, 0.3) is 0 Å². The number of nitrogens with zero attached hydrogens (tertiary/aromatic N) is 4. The Morgan fingerprint density at radius 2 is 0.569 bits per heavy atom. The maximum atomic E-state index is 5.33. The molecule has 4 heterocycles. The molecule has 58 heavy (non-hydrogen) atoms. The zero-order valence-electron chi connectivity index (χ0n) is 31.4. The van der Waals surface area contributed by atoms with E-state index in [2.05, 4.69) is 182 Å². The van der Waals surface area contributed by atoms with Crippen molar-refractivity contribution >= 4 is 43.6 Å². The Morgan fingerprint density at radius 3 is 1.03 bits per heavy atom. The highest BCUT2D eigenvalue weighted by molar-refractivity contribution is 6.10. The number of fused-ring (bicyclic) bond motifs is 6.